The van der Waals surface area contributed by atoms with E-state index in [1.54, 1.807) is 0 Å². The van der Waals surface area contributed by atoms with Gasteiger partial charge in [-0.1, -0.05) is 15.9 Å². The highest BCUT2D eigenvalue weighted by Crippen LogP contribution is 2.40. The van der Waals surface area contributed by atoms with E-state index in [-0.39, 0.29) is 15.7 Å². The molecule has 1 aromatic carbocycles. The number of phenols is 1. The molecule has 0 saturated heterocycles. The summed E-state index contributed by atoms with van der Waals surface area (Å²) in [6.07, 6.45) is 0. The third-order valence-electron chi connectivity index (χ3n) is 2.17. The van der Waals surface area contributed by atoms with E-state index in [4.69, 9.17) is 16.6 Å². The number of aliphatic hydroxyl groups excluding tert-OH is 1. The van der Waals surface area contributed by atoms with Crippen LogP contribution in [0, 0.1) is 0 Å². The summed E-state index contributed by atoms with van der Waals surface area (Å²) in [4.78, 5) is 0. The predicted molar refractivity (Wildman–Crippen MR) is 59.2 cm³/mol. The zero-order valence-corrected chi connectivity index (χ0v) is 9.71. The highest BCUT2D eigenvalue weighted by atomic mass is 79.9. The lowest BCUT2D eigenvalue weighted by Gasteiger charge is -2.23. The van der Waals surface area contributed by atoms with Crippen LogP contribution in [0.15, 0.2) is 16.6 Å². The average molecular weight is 297 g/mol. The molecule has 0 radical (unpaired) electrons. The number of phenolic OH excluding ortho intramolecular Hbond substituents is 1. The second kappa shape index (κ2) is 4.52. The van der Waals surface area contributed by atoms with Gasteiger partial charge in [0.15, 0.2) is 0 Å². The number of nitrogen functional groups attached to an aromatic ring is 1. The van der Waals surface area contributed by atoms with Crippen molar-refractivity contribution in [2.24, 2.45) is 5.73 Å². The van der Waals surface area contributed by atoms with Crippen molar-refractivity contribution in [3.63, 3.8) is 0 Å². The van der Waals surface area contributed by atoms with Gasteiger partial charge in [-0.15, -0.1) is 0 Å². The van der Waals surface area contributed by atoms with Crippen molar-refractivity contribution >= 4 is 21.6 Å². The van der Waals surface area contributed by atoms with E-state index in [9.17, 15) is 13.9 Å². The van der Waals surface area contributed by atoms with Gasteiger partial charge < -0.3 is 21.7 Å². The van der Waals surface area contributed by atoms with Crippen LogP contribution in [0.3, 0.4) is 0 Å². The molecule has 0 aliphatic heterocycles. The Morgan fingerprint density at radius 2 is 2.00 bits per heavy atom. The lowest BCUT2D eigenvalue weighted by Crippen LogP contribution is -2.36. The number of hydrogen-bond donors (Lipinski definition) is 4. The summed E-state index contributed by atoms with van der Waals surface area (Å²) in [7, 11) is 0. The van der Waals surface area contributed by atoms with Crippen LogP contribution in [0.25, 0.3) is 0 Å². The Bertz CT molecular complexity index is 401. The van der Waals surface area contributed by atoms with Crippen molar-refractivity contribution in [2.45, 2.75) is 12.0 Å². The molecule has 0 aliphatic rings. The Kier molecular flexibility index (Phi) is 3.72. The second-order valence-electron chi connectivity index (χ2n) is 3.30. The van der Waals surface area contributed by atoms with Crippen LogP contribution >= 0.6 is 15.9 Å². The molecule has 0 bridgehead atoms. The number of aliphatic hydroxyl groups is 1. The first-order valence-electron chi connectivity index (χ1n) is 4.32. The maximum atomic E-state index is 13.2. The number of alkyl halides is 2. The molecule has 0 aromatic heterocycles. The summed E-state index contributed by atoms with van der Waals surface area (Å²) in [5.74, 6) is -4.04. The Balaban J connectivity index is 3.28. The fourth-order valence-electron chi connectivity index (χ4n) is 1.21. The summed E-state index contributed by atoms with van der Waals surface area (Å²) < 4.78 is 26.6. The molecule has 4 nitrogen and oxygen atoms in total. The van der Waals surface area contributed by atoms with Gasteiger partial charge in [-0.3, -0.25) is 0 Å². The molecule has 1 atom stereocenters. The quantitative estimate of drug-likeness (QED) is 0.501. The van der Waals surface area contributed by atoms with E-state index < -0.39 is 24.3 Å². The minimum absolute atomic E-state index is 0.0533. The summed E-state index contributed by atoms with van der Waals surface area (Å²) >= 11 is 2.99. The normalized spacial score (nSPS) is 13.8. The molecule has 0 fully saturated rings. The van der Waals surface area contributed by atoms with Crippen LogP contribution in [0.5, 0.6) is 5.75 Å². The third kappa shape index (κ3) is 2.26. The Labute approximate surface area is 99.0 Å². The highest BCUT2D eigenvalue weighted by molar-refractivity contribution is 9.10. The fourth-order valence-corrected chi connectivity index (χ4v) is 1.77. The van der Waals surface area contributed by atoms with Crippen molar-refractivity contribution in [1.29, 1.82) is 0 Å². The SMILES string of the molecule is Nc1ccc(Br)c([C@H](N)C(F)(F)CO)c1O. The highest BCUT2D eigenvalue weighted by Gasteiger charge is 2.40. The molecule has 6 N–H and O–H groups in total. The van der Waals surface area contributed by atoms with Crippen LogP contribution in [-0.2, 0) is 0 Å². The molecule has 1 rings (SSSR count). The molecule has 90 valence electrons. The van der Waals surface area contributed by atoms with Crippen LogP contribution in [0.2, 0.25) is 0 Å². The first kappa shape index (κ1) is 13.1. The molecular formula is C9H11BrF2N2O2. The van der Waals surface area contributed by atoms with Crippen molar-refractivity contribution in [1.82, 2.24) is 0 Å². The van der Waals surface area contributed by atoms with Gasteiger partial charge in [0.25, 0.3) is 5.92 Å². The van der Waals surface area contributed by atoms with Crippen molar-refractivity contribution in [2.75, 3.05) is 12.3 Å². The number of aromatic hydroxyl groups is 1. The van der Waals surface area contributed by atoms with E-state index in [1.807, 2.05) is 0 Å². The zero-order valence-electron chi connectivity index (χ0n) is 8.12. The number of benzene rings is 1. The lowest BCUT2D eigenvalue weighted by molar-refractivity contribution is -0.0717. The van der Waals surface area contributed by atoms with E-state index >= 15 is 0 Å². The number of nitrogens with two attached hydrogens (primary N) is 2. The van der Waals surface area contributed by atoms with E-state index in [1.165, 1.54) is 12.1 Å². The predicted octanol–water partition coefficient (Wildman–Crippen LogP) is 1.36. The maximum absolute atomic E-state index is 13.2. The van der Waals surface area contributed by atoms with Crippen LogP contribution in [0.4, 0.5) is 14.5 Å². The summed E-state index contributed by atoms with van der Waals surface area (Å²) in [6, 6.07) is 0.917. The molecule has 0 spiro atoms. The number of anilines is 1. The molecule has 1 aromatic rings. The molecule has 0 saturated carbocycles. The zero-order chi connectivity index (χ0) is 12.5. The molecule has 0 unspecified atom stereocenters. The molecule has 0 aliphatic carbocycles. The first-order valence-corrected chi connectivity index (χ1v) is 5.11. The summed E-state index contributed by atoms with van der Waals surface area (Å²) in [5.41, 5.74) is 10.4. The molecule has 0 heterocycles. The van der Waals surface area contributed by atoms with Gasteiger partial charge in [0, 0.05) is 10.0 Å². The van der Waals surface area contributed by atoms with Gasteiger partial charge >= 0.3 is 0 Å². The Morgan fingerprint density at radius 1 is 1.44 bits per heavy atom. The van der Waals surface area contributed by atoms with Gasteiger partial charge in [0.1, 0.15) is 18.4 Å². The largest absolute Gasteiger partial charge is 0.505 e. The van der Waals surface area contributed by atoms with Gasteiger partial charge in [0.05, 0.1) is 5.69 Å². The van der Waals surface area contributed by atoms with Gasteiger partial charge in [0.2, 0.25) is 0 Å². The van der Waals surface area contributed by atoms with Crippen LogP contribution < -0.4 is 11.5 Å². The van der Waals surface area contributed by atoms with E-state index in [0.29, 0.717) is 0 Å². The third-order valence-corrected chi connectivity index (χ3v) is 2.86. The number of rotatable bonds is 3. The van der Waals surface area contributed by atoms with Crippen molar-refractivity contribution in [3.05, 3.63) is 22.2 Å². The average Bonchev–Trinajstić information content (AvgIpc) is 2.24. The second-order valence-corrected chi connectivity index (χ2v) is 4.15. The summed E-state index contributed by atoms with van der Waals surface area (Å²) in [5, 5.41) is 18.1. The van der Waals surface area contributed by atoms with E-state index in [0.717, 1.165) is 0 Å². The molecule has 7 heteroatoms. The summed E-state index contributed by atoms with van der Waals surface area (Å²) in [6.45, 7) is -1.41. The minimum atomic E-state index is -3.53. The standard InChI is InChI=1S/C9H11BrF2N2O2/c10-4-1-2-5(13)7(16)6(4)8(14)9(11,12)3-15/h1-2,8,15-16H,3,13-14H2/t8-/m0/s1. The van der Waals surface area contributed by atoms with Gasteiger partial charge in [-0.05, 0) is 12.1 Å². The molecule has 16 heavy (non-hydrogen) atoms. The lowest BCUT2D eigenvalue weighted by atomic mass is 10.00. The number of halogens is 3. The topological polar surface area (TPSA) is 92.5 Å². The Hall–Kier alpha value is -0.920. The van der Waals surface area contributed by atoms with Crippen molar-refractivity contribution in [3.8, 4) is 5.75 Å². The van der Waals surface area contributed by atoms with E-state index in [2.05, 4.69) is 15.9 Å². The fraction of sp³-hybridized carbons (Fsp3) is 0.333. The monoisotopic (exact) mass is 296 g/mol. The number of hydrogen-bond acceptors (Lipinski definition) is 4. The van der Waals surface area contributed by atoms with Gasteiger partial charge in [-0.25, -0.2) is 8.78 Å². The van der Waals surface area contributed by atoms with Crippen molar-refractivity contribution < 1.29 is 19.0 Å². The minimum Gasteiger partial charge on any atom is -0.505 e. The molecule has 0 amide bonds. The van der Waals surface area contributed by atoms with Gasteiger partial charge in [-0.2, -0.15) is 0 Å². The maximum Gasteiger partial charge on any atom is 0.289 e. The van der Waals surface area contributed by atoms with Crippen LogP contribution in [-0.4, -0.2) is 22.7 Å². The smallest absolute Gasteiger partial charge is 0.289 e. The molecular weight excluding hydrogens is 286 g/mol. The Morgan fingerprint density at radius 3 is 2.50 bits per heavy atom. The first-order chi connectivity index (χ1) is 7.31. The van der Waals surface area contributed by atoms with Crippen LogP contribution in [0.1, 0.15) is 11.6 Å².